The molecule has 2 N–H and O–H groups in total. The standard InChI is InChI=1S/C16H19ClN2O5/c17-12-3-1-2-4-13(12)24-8-7-19-10-11(9-14(19)20)16(23)18-6-5-15(21)22/h1-4,11H,5-10H2,(H,18,23)(H,21,22). The number of hydrogen-bond acceptors (Lipinski definition) is 4. The Morgan fingerprint density at radius 1 is 1.38 bits per heavy atom. The summed E-state index contributed by atoms with van der Waals surface area (Å²) in [5.41, 5.74) is 0. The van der Waals surface area contributed by atoms with Crippen LogP contribution in [0.15, 0.2) is 24.3 Å². The molecule has 1 aliphatic rings. The highest BCUT2D eigenvalue weighted by molar-refractivity contribution is 6.32. The lowest BCUT2D eigenvalue weighted by Crippen LogP contribution is -2.35. The second-order valence-electron chi connectivity index (χ2n) is 5.45. The first-order chi connectivity index (χ1) is 11.5. The van der Waals surface area contributed by atoms with Gasteiger partial charge in [-0.05, 0) is 12.1 Å². The molecule has 1 atom stereocenters. The van der Waals surface area contributed by atoms with Gasteiger partial charge in [-0.3, -0.25) is 14.4 Å². The van der Waals surface area contributed by atoms with Crippen LogP contribution in [0.5, 0.6) is 5.75 Å². The molecule has 0 saturated carbocycles. The summed E-state index contributed by atoms with van der Waals surface area (Å²) in [7, 11) is 0. The fourth-order valence-electron chi connectivity index (χ4n) is 2.43. The molecule has 0 spiro atoms. The summed E-state index contributed by atoms with van der Waals surface area (Å²) < 4.78 is 5.54. The summed E-state index contributed by atoms with van der Waals surface area (Å²) in [6.07, 6.45) is -0.00715. The molecule has 1 aromatic carbocycles. The van der Waals surface area contributed by atoms with Gasteiger partial charge in [0.15, 0.2) is 0 Å². The van der Waals surface area contributed by atoms with Gasteiger partial charge in [0, 0.05) is 19.5 Å². The lowest BCUT2D eigenvalue weighted by molar-refractivity contribution is -0.137. The second kappa shape index (κ2) is 8.54. The SMILES string of the molecule is O=C(O)CCNC(=O)C1CC(=O)N(CCOc2ccccc2Cl)C1. The fourth-order valence-corrected chi connectivity index (χ4v) is 2.62. The zero-order chi connectivity index (χ0) is 17.5. The molecule has 8 heteroatoms. The minimum Gasteiger partial charge on any atom is -0.490 e. The third kappa shape index (κ3) is 5.13. The maximum Gasteiger partial charge on any atom is 0.305 e. The maximum atomic E-state index is 12.0. The van der Waals surface area contributed by atoms with Crippen LogP contribution in [-0.2, 0) is 14.4 Å². The van der Waals surface area contributed by atoms with E-state index in [0.29, 0.717) is 23.9 Å². The van der Waals surface area contributed by atoms with Gasteiger partial charge in [-0.25, -0.2) is 0 Å². The average Bonchev–Trinajstić information content (AvgIpc) is 2.90. The van der Waals surface area contributed by atoms with Crippen molar-refractivity contribution in [2.24, 2.45) is 5.92 Å². The van der Waals surface area contributed by atoms with Crippen molar-refractivity contribution in [3.63, 3.8) is 0 Å². The van der Waals surface area contributed by atoms with Crippen LogP contribution in [-0.4, -0.2) is 54.0 Å². The van der Waals surface area contributed by atoms with Crippen molar-refractivity contribution >= 4 is 29.4 Å². The van der Waals surface area contributed by atoms with Gasteiger partial charge >= 0.3 is 5.97 Å². The van der Waals surface area contributed by atoms with Crippen LogP contribution in [0.4, 0.5) is 0 Å². The third-order valence-corrected chi connectivity index (χ3v) is 3.99. The molecule has 0 bridgehead atoms. The quantitative estimate of drug-likeness (QED) is 0.730. The number of halogens is 1. The summed E-state index contributed by atoms with van der Waals surface area (Å²) in [5, 5.41) is 11.6. The van der Waals surface area contributed by atoms with Crippen molar-refractivity contribution in [2.75, 3.05) is 26.2 Å². The van der Waals surface area contributed by atoms with E-state index in [1.54, 1.807) is 29.2 Å². The van der Waals surface area contributed by atoms with Crippen LogP contribution in [0, 0.1) is 5.92 Å². The van der Waals surface area contributed by atoms with E-state index in [2.05, 4.69) is 5.32 Å². The molecule has 0 aliphatic carbocycles. The van der Waals surface area contributed by atoms with Crippen molar-refractivity contribution in [3.05, 3.63) is 29.3 Å². The topological polar surface area (TPSA) is 95.9 Å². The number of rotatable bonds is 8. The summed E-state index contributed by atoms with van der Waals surface area (Å²) >= 11 is 5.98. The molecule has 1 aliphatic heterocycles. The molecule has 0 radical (unpaired) electrons. The van der Waals surface area contributed by atoms with E-state index in [0.717, 1.165) is 0 Å². The Labute approximate surface area is 144 Å². The molecular formula is C16H19ClN2O5. The Kier molecular flexibility index (Phi) is 6.43. The number of carboxylic acids is 1. The van der Waals surface area contributed by atoms with Crippen LogP contribution < -0.4 is 10.1 Å². The van der Waals surface area contributed by atoms with E-state index in [-0.39, 0.29) is 37.8 Å². The Morgan fingerprint density at radius 3 is 2.83 bits per heavy atom. The Bertz CT molecular complexity index is 622. The molecule has 0 aromatic heterocycles. The maximum absolute atomic E-state index is 12.0. The number of hydrogen-bond donors (Lipinski definition) is 2. The molecule has 1 unspecified atom stereocenters. The number of carbonyl (C=O) groups excluding carboxylic acids is 2. The van der Waals surface area contributed by atoms with Crippen molar-refractivity contribution in [1.29, 1.82) is 0 Å². The van der Waals surface area contributed by atoms with Gasteiger partial charge < -0.3 is 20.1 Å². The van der Waals surface area contributed by atoms with E-state index in [9.17, 15) is 14.4 Å². The molecule has 1 aromatic rings. The van der Waals surface area contributed by atoms with E-state index in [1.165, 1.54) is 0 Å². The molecule has 1 heterocycles. The minimum absolute atomic E-state index is 0.0640. The minimum atomic E-state index is -0.976. The fraction of sp³-hybridized carbons (Fsp3) is 0.438. The summed E-state index contributed by atoms with van der Waals surface area (Å²) in [4.78, 5) is 35.9. The van der Waals surface area contributed by atoms with E-state index >= 15 is 0 Å². The average molecular weight is 355 g/mol. The van der Waals surface area contributed by atoms with Crippen LogP contribution in [0.25, 0.3) is 0 Å². The number of aliphatic carboxylic acids is 1. The van der Waals surface area contributed by atoms with Crippen LogP contribution in [0.1, 0.15) is 12.8 Å². The smallest absolute Gasteiger partial charge is 0.305 e. The zero-order valence-corrected chi connectivity index (χ0v) is 13.8. The number of ether oxygens (including phenoxy) is 1. The molecule has 24 heavy (non-hydrogen) atoms. The largest absolute Gasteiger partial charge is 0.490 e. The first kappa shape index (κ1) is 18.1. The van der Waals surface area contributed by atoms with Crippen molar-refractivity contribution in [3.8, 4) is 5.75 Å². The van der Waals surface area contributed by atoms with Crippen molar-refractivity contribution in [2.45, 2.75) is 12.8 Å². The van der Waals surface area contributed by atoms with E-state index < -0.39 is 11.9 Å². The predicted octanol–water partition coefficient (Wildman–Crippen LogP) is 1.16. The first-order valence-electron chi connectivity index (χ1n) is 7.62. The van der Waals surface area contributed by atoms with Gasteiger partial charge in [0.2, 0.25) is 11.8 Å². The number of carboxylic acid groups (broad SMARTS) is 1. The number of amides is 2. The monoisotopic (exact) mass is 354 g/mol. The Hall–Kier alpha value is -2.28. The second-order valence-corrected chi connectivity index (χ2v) is 5.86. The summed E-state index contributed by atoms with van der Waals surface area (Å²) in [6, 6.07) is 7.06. The van der Waals surface area contributed by atoms with Gasteiger partial charge in [0.25, 0.3) is 0 Å². The number of likely N-dealkylation sites (tertiary alicyclic amines) is 1. The Morgan fingerprint density at radius 2 is 2.12 bits per heavy atom. The Balaban J connectivity index is 1.75. The number of para-hydroxylation sites is 1. The van der Waals surface area contributed by atoms with Crippen molar-refractivity contribution < 1.29 is 24.2 Å². The summed E-state index contributed by atoms with van der Waals surface area (Å²) in [6.45, 7) is 1.02. The normalized spacial score (nSPS) is 17.0. The van der Waals surface area contributed by atoms with Gasteiger partial charge in [0.1, 0.15) is 12.4 Å². The molecule has 2 rings (SSSR count). The van der Waals surface area contributed by atoms with E-state index in [1.807, 2.05) is 0 Å². The first-order valence-corrected chi connectivity index (χ1v) is 7.99. The number of carbonyl (C=O) groups is 3. The highest BCUT2D eigenvalue weighted by atomic mass is 35.5. The third-order valence-electron chi connectivity index (χ3n) is 3.68. The van der Waals surface area contributed by atoms with E-state index in [4.69, 9.17) is 21.4 Å². The highest BCUT2D eigenvalue weighted by Gasteiger charge is 2.33. The molecule has 1 fully saturated rings. The van der Waals surface area contributed by atoms with Crippen LogP contribution >= 0.6 is 11.6 Å². The lowest BCUT2D eigenvalue weighted by atomic mass is 10.1. The zero-order valence-electron chi connectivity index (χ0n) is 13.0. The molecule has 2 amide bonds. The highest BCUT2D eigenvalue weighted by Crippen LogP contribution is 2.23. The summed E-state index contributed by atoms with van der Waals surface area (Å²) in [5.74, 6) is -1.29. The predicted molar refractivity (Wildman–Crippen MR) is 86.9 cm³/mol. The number of benzene rings is 1. The molecule has 130 valence electrons. The van der Waals surface area contributed by atoms with Gasteiger partial charge in [-0.15, -0.1) is 0 Å². The van der Waals surface area contributed by atoms with Crippen LogP contribution in [0.3, 0.4) is 0 Å². The van der Waals surface area contributed by atoms with Gasteiger partial charge in [-0.2, -0.15) is 0 Å². The number of nitrogens with one attached hydrogen (secondary N) is 1. The van der Waals surface area contributed by atoms with Gasteiger partial charge in [0.05, 0.1) is 23.9 Å². The lowest BCUT2D eigenvalue weighted by Gasteiger charge is -2.17. The number of nitrogens with zero attached hydrogens (tertiary/aromatic N) is 1. The van der Waals surface area contributed by atoms with Crippen molar-refractivity contribution in [1.82, 2.24) is 10.2 Å². The molecular weight excluding hydrogens is 336 g/mol. The van der Waals surface area contributed by atoms with Gasteiger partial charge in [-0.1, -0.05) is 23.7 Å². The molecule has 7 nitrogen and oxygen atoms in total. The van der Waals surface area contributed by atoms with Crippen LogP contribution in [0.2, 0.25) is 5.02 Å². The molecule has 1 saturated heterocycles.